The van der Waals surface area contributed by atoms with Gasteiger partial charge in [-0.1, -0.05) is 6.07 Å². The minimum absolute atomic E-state index is 0.00479. The third-order valence-corrected chi connectivity index (χ3v) is 2.35. The van der Waals surface area contributed by atoms with Crippen molar-refractivity contribution in [2.45, 2.75) is 13.3 Å². The van der Waals surface area contributed by atoms with Crippen LogP contribution in [0.4, 0.5) is 0 Å². The summed E-state index contributed by atoms with van der Waals surface area (Å²) in [4.78, 5) is 22.2. The first-order valence-electron chi connectivity index (χ1n) is 5.38. The highest BCUT2D eigenvalue weighted by Crippen LogP contribution is 2.26. The van der Waals surface area contributed by atoms with Gasteiger partial charge in [0.25, 0.3) is 0 Å². The largest absolute Gasteiger partial charge is 0.495 e. The number of carbonyl (C=O) groups is 2. The summed E-state index contributed by atoms with van der Waals surface area (Å²) in [7, 11) is 1.39. The molecule has 0 atom stereocenters. The Balaban J connectivity index is 3.18. The van der Waals surface area contributed by atoms with Gasteiger partial charge in [-0.15, -0.1) is 0 Å². The number of hydrogen-bond acceptors (Lipinski definition) is 5. The van der Waals surface area contributed by atoms with Gasteiger partial charge in [0.2, 0.25) is 0 Å². The third-order valence-electron chi connectivity index (χ3n) is 2.35. The lowest BCUT2D eigenvalue weighted by atomic mass is 10.0. The van der Waals surface area contributed by atoms with Crippen LogP contribution in [0.1, 0.15) is 28.4 Å². The molecule has 0 N–H and O–H groups in total. The van der Waals surface area contributed by atoms with Crippen LogP contribution in [0, 0.1) is 11.3 Å². The van der Waals surface area contributed by atoms with Gasteiger partial charge >= 0.3 is 5.97 Å². The van der Waals surface area contributed by atoms with Crippen molar-refractivity contribution in [3.05, 3.63) is 28.8 Å². The second-order valence-electron chi connectivity index (χ2n) is 3.43. The van der Waals surface area contributed by atoms with Crippen molar-refractivity contribution in [2.24, 2.45) is 0 Å². The van der Waals surface area contributed by atoms with Gasteiger partial charge in [0.15, 0.2) is 6.29 Å². The van der Waals surface area contributed by atoms with E-state index in [0.29, 0.717) is 18.5 Å². The van der Waals surface area contributed by atoms with E-state index in [0.717, 1.165) is 0 Å². The summed E-state index contributed by atoms with van der Waals surface area (Å²) >= 11 is 0. The highest BCUT2D eigenvalue weighted by molar-refractivity contribution is 5.83. The van der Waals surface area contributed by atoms with E-state index in [2.05, 4.69) is 0 Å². The second kappa shape index (κ2) is 6.40. The van der Waals surface area contributed by atoms with Crippen LogP contribution in [0.3, 0.4) is 0 Å². The first kappa shape index (κ1) is 13.7. The van der Waals surface area contributed by atoms with E-state index in [1.807, 2.05) is 6.07 Å². The number of esters is 1. The molecule has 0 spiro atoms. The Morgan fingerprint density at radius 1 is 1.50 bits per heavy atom. The zero-order valence-corrected chi connectivity index (χ0v) is 10.2. The summed E-state index contributed by atoms with van der Waals surface area (Å²) < 4.78 is 9.93. The fourth-order valence-corrected chi connectivity index (χ4v) is 1.59. The van der Waals surface area contributed by atoms with E-state index in [9.17, 15) is 9.59 Å². The highest BCUT2D eigenvalue weighted by Gasteiger charge is 2.16. The fraction of sp³-hybridized carbons (Fsp3) is 0.308. The SMILES string of the molecule is CCOC(=O)Cc1ccc(C=O)c(C#N)c1OC. The molecule has 0 bridgehead atoms. The molecule has 0 saturated carbocycles. The maximum Gasteiger partial charge on any atom is 0.310 e. The van der Waals surface area contributed by atoms with Gasteiger partial charge in [0.1, 0.15) is 17.4 Å². The summed E-state index contributed by atoms with van der Waals surface area (Å²) in [5.74, 6) is -0.159. The summed E-state index contributed by atoms with van der Waals surface area (Å²) in [6.07, 6.45) is 0.583. The molecule has 18 heavy (non-hydrogen) atoms. The zero-order chi connectivity index (χ0) is 13.5. The molecule has 5 heteroatoms. The average Bonchev–Trinajstić information content (AvgIpc) is 2.38. The lowest BCUT2D eigenvalue weighted by Gasteiger charge is -2.10. The van der Waals surface area contributed by atoms with Crippen molar-refractivity contribution >= 4 is 12.3 Å². The van der Waals surface area contributed by atoms with Gasteiger partial charge in [0, 0.05) is 11.1 Å². The van der Waals surface area contributed by atoms with Gasteiger partial charge < -0.3 is 9.47 Å². The lowest BCUT2D eigenvalue weighted by molar-refractivity contribution is -0.142. The van der Waals surface area contributed by atoms with Gasteiger partial charge in [-0.25, -0.2) is 0 Å². The Labute approximate surface area is 105 Å². The Kier molecular flexibility index (Phi) is 4.88. The summed E-state index contributed by atoms with van der Waals surface area (Å²) in [5, 5.41) is 9.02. The van der Waals surface area contributed by atoms with E-state index in [1.54, 1.807) is 13.0 Å². The van der Waals surface area contributed by atoms with E-state index >= 15 is 0 Å². The predicted molar refractivity (Wildman–Crippen MR) is 63.4 cm³/mol. The van der Waals surface area contributed by atoms with Crippen molar-refractivity contribution in [1.82, 2.24) is 0 Å². The molecule has 0 radical (unpaired) electrons. The highest BCUT2D eigenvalue weighted by atomic mass is 16.5. The van der Waals surface area contributed by atoms with Crippen molar-refractivity contribution in [1.29, 1.82) is 5.26 Å². The molecular formula is C13H13NO4. The third kappa shape index (κ3) is 2.86. The van der Waals surface area contributed by atoms with Crippen molar-refractivity contribution in [3.63, 3.8) is 0 Å². The molecule has 94 valence electrons. The molecular weight excluding hydrogens is 234 g/mol. The van der Waals surface area contributed by atoms with Gasteiger partial charge in [-0.3, -0.25) is 9.59 Å². The molecule has 1 rings (SSSR count). The van der Waals surface area contributed by atoms with Crippen LogP contribution >= 0.6 is 0 Å². The number of methoxy groups -OCH3 is 1. The number of benzene rings is 1. The Morgan fingerprint density at radius 2 is 2.22 bits per heavy atom. The van der Waals surface area contributed by atoms with Crippen LogP contribution < -0.4 is 4.74 Å². The first-order valence-corrected chi connectivity index (χ1v) is 5.38. The Bertz CT molecular complexity index is 502. The Morgan fingerprint density at radius 3 is 2.72 bits per heavy atom. The topological polar surface area (TPSA) is 76.4 Å². The predicted octanol–water partition coefficient (Wildman–Crippen LogP) is 1.48. The molecule has 0 aliphatic rings. The monoisotopic (exact) mass is 247 g/mol. The first-order chi connectivity index (χ1) is 8.67. The number of hydrogen-bond donors (Lipinski definition) is 0. The minimum atomic E-state index is -0.404. The molecule has 0 amide bonds. The molecule has 0 aliphatic heterocycles. The summed E-state index contributed by atoms with van der Waals surface area (Å²) in [6.45, 7) is 2.00. The lowest BCUT2D eigenvalue weighted by Crippen LogP contribution is -2.09. The fourth-order valence-electron chi connectivity index (χ4n) is 1.59. The number of nitrogens with zero attached hydrogens (tertiary/aromatic N) is 1. The molecule has 0 unspecified atom stereocenters. The van der Waals surface area contributed by atoms with Crippen LogP contribution in [-0.2, 0) is 16.0 Å². The molecule has 0 aromatic heterocycles. The summed E-state index contributed by atoms with van der Waals surface area (Å²) in [6, 6.07) is 4.98. The number of carbonyl (C=O) groups excluding carboxylic acids is 2. The minimum Gasteiger partial charge on any atom is -0.495 e. The van der Waals surface area contributed by atoms with Crippen LogP contribution in [0.25, 0.3) is 0 Å². The van der Waals surface area contributed by atoms with Gasteiger partial charge in [-0.05, 0) is 13.0 Å². The van der Waals surface area contributed by atoms with Crippen LogP contribution in [0.15, 0.2) is 12.1 Å². The standard InChI is InChI=1S/C13H13NO4/c1-3-18-12(16)6-9-4-5-10(8-15)11(7-14)13(9)17-2/h4-5,8H,3,6H2,1-2H3. The van der Waals surface area contributed by atoms with Crippen molar-refractivity contribution in [3.8, 4) is 11.8 Å². The molecule has 1 aromatic carbocycles. The maximum atomic E-state index is 11.4. The molecule has 1 aromatic rings. The van der Waals surface area contributed by atoms with Gasteiger partial charge in [0.05, 0.1) is 20.1 Å². The number of rotatable bonds is 5. The molecule has 0 heterocycles. The van der Waals surface area contributed by atoms with E-state index < -0.39 is 5.97 Å². The van der Waals surface area contributed by atoms with Crippen LogP contribution in [0.5, 0.6) is 5.75 Å². The molecule has 5 nitrogen and oxygen atoms in total. The molecule has 0 aliphatic carbocycles. The summed E-state index contributed by atoms with van der Waals surface area (Å²) in [5.41, 5.74) is 0.898. The Hall–Kier alpha value is -2.35. The normalized spacial score (nSPS) is 9.39. The van der Waals surface area contributed by atoms with Gasteiger partial charge in [-0.2, -0.15) is 5.26 Å². The van der Waals surface area contributed by atoms with Crippen molar-refractivity contribution < 1.29 is 19.1 Å². The maximum absolute atomic E-state index is 11.4. The van der Waals surface area contributed by atoms with Crippen LogP contribution in [0.2, 0.25) is 0 Å². The average molecular weight is 247 g/mol. The van der Waals surface area contributed by atoms with Crippen LogP contribution in [-0.4, -0.2) is 26.0 Å². The van der Waals surface area contributed by atoms with E-state index in [-0.39, 0.29) is 23.3 Å². The smallest absolute Gasteiger partial charge is 0.310 e. The number of nitriles is 1. The number of aldehydes is 1. The quantitative estimate of drug-likeness (QED) is 0.582. The van der Waals surface area contributed by atoms with Crippen molar-refractivity contribution in [2.75, 3.05) is 13.7 Å². The zero-order valence-electron chi connectivity index (χ0n) is 10.2. The van der Waals surface area contributed by atoms with E-state index in [1.165, 1.54) is 13.2 Å². The van der Waals surface area contributed by atoms with E-state index in [4.69, 9.17) is 14.7 Å². The molecule has 0 saturated heterocycles. The number of ether oxygens (including phenoxy) is 2. The second-order valence-corrected chi connectivity index (χ2v) is 3.43. The molecule has 0 fully saturated rings.